The van der Waals surface area contributed by atoms with E-state index < -0.39 is 0 Å². The van der Waals surface area contributed by atoms with Crippen LogP contribution in [0.2, 0.25) is 5.02 Å². The largest absolute Gasteiger partial charge is 0.495 e. The van der Waals surface area contributed by atoms with E-state index in [1.807, 2.05) is 49.4 Å². The van der Waals surface area contributed by atoms with Gasteiger partial charge in [0.2, 0.25) is 5.91 Å². The molecule has 2 aromatic carbocycles. The molecular weight excluding hydrogens is 434 g/mol. The number of benzene rings is 2. The number of hydrogen-bond acceptors (Lipinski definition) is 7. The highest BCUT2D eigenvalue weighted by Gasteiger charge is 2.11. The van der Waals surface area contributed by atoms with E-state index in [4.69, 9.17) is 16.3 Å². The van der Waals surface area contributed by atoms with Crippen molar-refractivity contribution in [2.24, 2.45) is 0 Å². The quantitative estimate of drug-likeness (QED) is 0.454. The third-order valence-corrected chi connectivity index (χ3v) is 7.13. The van der Waals surface area contributed by atoms with Crippen molar-refractivity contribution < 1.29 is 9.53 Å². The SMILES string of the molecule is COc1ccc(C)cc1NC(=O)CSc1nnc(SCc2ccc(Cl)cc2)s1. The number of halogens is 1. The molecule has 0 bridgehead atoms. The first-order valence-corrected chi connectivity index (χ1v) is 11.5. The second-order valence-electron chi connectivity index (χ2n) is 5.79. The highest BCUT2D eigenvalue weighted by atomic mass is 35.5. The molecule has 1 amide bonds. The fourth-order valence-electron chi connectivity index (χ4n) is 2.27. The standard InChI is InChI=1S/C19H18ClN3O2S3/c1-12-3-8-16(25-2)15(9-12)21-17(24)11-27-19-23-22-18(28-19)26-10-13-4-6-14(20)7-5-13/h3-9H,10-11H2,1-2H3,(H,21,24). The summed E-state index contributed by atoms with van der Waals surface area (Å²) in [6.07, 6.45) is 0. The maximum atomic E-state index is 12.3. The number of carbonyl (C=O) groups is 1. The van der Waals surface area contributed by atoms with Crippen LogP contribution >= 0.6 is 46.5 Å². The van der Waals surface area contributed by atoms with Crippen LogP contribution in [0.1, 0.15) is 11.1 Å². The van der Waals surface area contributed by atoms with E-state index >= 15 is 0 Å². The van der Waals surface area contributed by atoms with Crippen LogP contribution in [0.4, 0.5) is 5.69 Å². The normalized spacial score (nSPS) is 10.7. The van der Waals surface area contributed by atoms with Crippen molar-refractivity contribution in [1.29, 1.82) is 0 Å². The van der Waals surface area contributed by atoms with Crippen LogP contribution < -0.4 is 10.1 Å². The molecule has 1 heterocycles. The number of anilines is 1. The van der Waals surface area contributed by atoms with Gasteiger partial charge in [0, 0.05) is 10.8 Å². The number of rotatable bonds is 8. The Morgan fingerprint density at radius 2 is 1.86 bits per heavy atom. The van der Waals surface area contributed by atoms with Gasteiger partial charge in [0.1, 0.15) is 5.75 Å². The van der Waals surface area contributed by atoms with Crippen molar-refractivity contribution >= 4 is 58.1 Å². The lowest BCUT2D eigenvalue weighted by atomic mass is 10.2. The van der Waals surface area contributed by atoms with Gasteiger partial charge in [0.25, 0.3) is 0 Å². The Morgan fingerprint density at radius 1 is 1.14 bits per heavy atom. The van der Waals surface area contributed by atoms with E-state index in [0.29, 0.717) is 11.4 Å². The fourth-order valence-corrected chi connectivity index (χ4v) is 5.17. The van der Waals surface area contributed by atoms with Crippen molar-refractivity contribution in [3.8, 4) is 5.75 Å². The monoisotopic (exact) mass is 451 g/mol. The Bertz CT molecular complexity index is 948. The molecule has 0 aliphatic rings. The number of aryl methyl sites for hydroxylation is 1. The van der Waals surface area contributed by atoms with E-state index in [0.717, 1.165) is 25.0 Å². The lowest BCUT2D eigenvalue weighted by Crippen LogP contribution is -2.14. The fraction of sp³-hybridized carbons (Fsp3) is 0.211. The van der Waals surface area contributed by atoms with Gasteiger partial charge in [-0.3, -0.25) is 4.79 Å². The van der Waals surface area contributed by atoms with Crippen molar-refractivity contribution in [3.05, 3.63) is 58.6 Å². The highest BCUT2D eigenvalue weighted by molar-refractivity contribution is 8.03. The predicted molar refractivity (Wildman–Crippen MR) is 118 cm³/mol. The van der Waals surface area contributed by atoms with Gasteiger partial charge < -0.3 is 10.1 Å². The maximum Gasteiger partial charge on any atom is 0.234 e. The average molecular weight is 452 g/mol. The zero-order valence-corrected chi connectivity index (χ0v) is 18.5. The summed E-state index contributed by atoms with van der Waals surface area (Å²) in [4.78, 5) is 12.3. The van der Waals surface area contributed by atoms with Crippen LogP contribution in [0.25, 0.3) is 0 Å². The van der Waals surface area contributed by atoms with Crippen LogP contribution in [-0.4, -0.2) is 29.0 Å². The van der Waals surface area contributed by atoms with Crippen LogP contribution in [0.5, 0.6) is 5.75 Å². The molecule has 0 unspecified atom stereocenters. The Kier molecular flexibility index (Phi) is 7.61. The van der Waals surface area contributed by atoms with Gasteiger partial charge in [-0.2, -0.15) is 0 Å². The molecule has 0 radical (unpaired) electrons. The van der Waals surface area contributed by atoms with Crippen molar-refractivity contribution in [2.75, 3.05) is 18.2 Å². The summed E-state index contributed by atoms with van der Waals surface area (Å²) < 4.78 is 6.93. The first-order valence-electron chi connectivity index (χ1n) is 8.31. The molecule has 0 spiro atoms. The molecule has 5 nitrogen and oxygen atoms in total. The molecule has 3 aromatic rings. The zero-order valence-electron chi connectivity index (χ0n) is 15.3. The molecule has 28 heavy (non-hydrogen) atoms. The molecule has 1 aromatic heterocycles. The molecule has 0 aliphatic carbocycles. The molecular formula is C19H18ClN3O2S3. The van der Waals surface area contributed by atoms with Crippen molar-refractivity contribution in [1.82, 2.24) is 10.2 Å². The molecule has 0 aliphatic heterocycles. The second kappa shape index (κ2) is 10.2. The van der Waals surface area contributed by atoms with Gasteiger partial charge in [-0.15, -0.1) is 10.2 Å². The van der Waals surface area contributed by atoms with Gasteiger partial charge in [0.15, 0.2) is 8.68 Å². The number of ether oxygens (including phenoxy) is 1. The van der Waals surface area contributed by atoms with E-state index in [-0.39, 0.29) is 11.7 Å². The summed E-state index contributed by atoms with van der Waals surface area (Å²) in [5.41, 5.74) is 2.89. The highest BCUT2D eigenvalue weighted by Crippen LogP contribution is 2.31. The van der Waals surface area contributed by atoms with Gasteiger partial charge in [-0.05, 0) is 42.3 Å². The van der Waals surface area contributed by atoms with E-state index in [9.17, 15) is 4.79 Å². The summed E-state index contributed by atoms with van der Waals surface area (Å²) in [7, 11) is 1.58. The Labute approximate surface area is 181 Å². The zero-order chi connectivity index (χ0) is 19.9. The van der Waals surface area contributed by atoms with Crippen LogP contribution in [0, 0.1) is 6.92 Å². The Balaban J connectivity index is 1.49. The van der Waals surface area contributed by atoms with Gasteiger partial charge >= 0.3 is 0 Å². The first kappa shape index (κ1) is 21.0. The number of amides is 1. The number of nitrogens with one attached hydrogen (secondary N) is 1. The number of carbonyl (C=O) groups excluding carboxylic acids is 1. The number of nitrogens with zero attached hydrogens (tertiary/aromatic N) is 2. The number of methoxy groups -OCH3 is 1. The summed E-state index contributed by atoms with van der Waals surface area (Å²) in [6.45, 7) is 1.97. The van der Waals surface area contributed by atoms with Crippen LogP contribution in [0.15, 0.2) is 51.1 Å². The number of thioether (sulfide) groups is 2. The summed E-state index contributed by atoms with van der Waals surface area (Å²) in [5, 5.41) is 11.9. The Morgan fingerprint density at radius 3 is 2.57 bits per heavy atom. The van der Waals surface area contributed by atoms with Gasteiger partial charge in [0.05, 0.1) is 18.6 Å². The summed E-state index contributed by atoms with van der Waals surface area (Å²) in [5.74, 6) is 1.58. The van der Waals surface area contributed by atoms with Crippen molar-refractivity contribution in [3.63, 3.8) is 0 Å². The van der Waals surface area contributed by atoms with E-state index in [2.05, 4.69) is 15.5 Å². The third kappa shape index (κ3) is 6.13. The summed E-state index contributed by atoms with van der Waals surface area (Å²) >= 11 is 10.4. The minimum atomic E-state index is -0.112. The molecule has 0 saturated heterocycles. The lowest BCUT2D eigenvalue weighted by molar-refractivity contribution is -0.113. The number of aromatic nitrogens is 2. The maximum absolute atomic E-state index is 12.3. The predicted octanol–water partition coefficient (Wildman–Crippen LogP) is 5.53. The Hall–Kier alpha value is -1.74. The molecule has 9 heteroatoms. The topological polar surface area (TPSA) is 64.1 Å². The van der Waals surface area contributed by atoms with Gasteiger partial charge in [-0.25, -0.2) is 0 Å². The van der Waals surface area contributed by atoms with E-state index in [1.165, 1.54) is 28.7 Å². The lowest BCUT2D eigenvalue weighted by Gasteiger charge is -2.10. The minimum Gasteiger partial charge on any atom is -0.495 e. The summed E-state index contributed by atoms with van der Waals surface area (Å²) in [6, 6.07) is 13.4. The molecule has 3 rings (SSSR count). The molecule has 0 atom stereocenters. The number of hydrogen-bond donors (Lipinski definition) is 1. The van der Waals surface area contributed by atoms with Crippen molar-refractivity contribution in [2.45, 2.75) is 21.4 Å². The smallest absolute Gasteiger partial charge is 0.234 e. The van der Waals surface area contributed by atoms with Gasteiger partial charge in [-0.1, -0.05) is 64.7 Å². The van der Waals surface area contributed by atoms with Crippen LogP contribution in [-0.2, 0) is 10.5 Å². The molecule has 0 fully saturated rings. The average Bonchev–Trinajstić information content (AvgIpc) is 3.14. The molecule has 0 saturated carbocycles. The third-order valence-electron chi connectivity index (χ3n) is 3.62. The van der Waals surface area contributed by atoms with E-state index in [1.54, 1.807) is 18.9 Å². The second-order valence-corrected chi connectivity index (χ2v) is 9.65. The minimum absolute atomic E-state index is 0.112. The molecule has 1 N–H and O–H groups in total. The van der Waals surface area contributed by atoms with Crippen LogP contribution in [0.3, 0.4) is 0 Å². The first-order chi connectivity index (χ1) is 13.5. The molecule has 146 valence electrons.